The lowest BCUT2D eigenvalue weighted by Crippen LogP contribution is -2.52. The van der Waals surface area contributed by atoms with Crippen LogP contribution in [0.4, 0.5) is 0 Å². The molecule has 0 saturated carbocycles. The number of rotatable bonds is 7. The minimum Gasteiger partial charge on any atom is -0.364 e. The van der Waals surface area contributed by atoms with Crippen LogP contribution in [0.3, 0.4) is 0 Å². The summed E-state index contributed by atoms with van der Waals surface area (Å²) < 4.78 is 0. The van der Waals surface area contributed by atoms with E-state index in [4.69, 9.17) is 0 Å². The molecular weight excluding hydrogens is 214 g/mol. The summed E-state index contributed by atoms with van der Waals surface area (Å²) >= 11 is 3.59. The first kappa shape index (κ1) is 14.5. The molecule has 4 nitrogen and oxygen atoms in total. The standard InChI is InChI=1S/C10H19NO3S/c1-3-5-6-7-10(14,9(13)15)11-8(12)4-2/h14H,3-7H2,1-2H3,(H,11,12)(H,13,15). The zero-order chi connectivity index (χ0) is 11.9. The highest BCUT2D eigenvalue weighted by Crippen LogP contribution is 2.15. The van der Waals surface area contributed by atoms with Crippen molar-refractivity contribution in [2.24, 2.45) is 0 Å². The van der Waals surface area contributed by atoms with Gasteiger partial charge in [0.25, 0.3) is 0 Å². The maximum Gasteiger partial charge on any atom is 0.238 e. The summed E-state index contributed by atoms with van der Waals surface area (Å²) in [4.78, 5) is 22.2. The molecule has 0 radical (unpaired) electrons. The Labute approximate surface area is 95.8 Å². The zero-order valence-electron chi connectivity index (χ0n) is 9.25. The molecule has 88 valence electrons. The maximum atomic E-state index is 11.1. The summed E-state index contributed by atoms with van der Waals surface area (Å²) in [5.74, 6) is -0.351. The minimum atomic E-state index is -1.80. The van der Waals surface area contributed by atoms with E-state index < -0.39 is 10.8 Å². The van der Waals surface area contributed by atoms with E-state index in [1.54, 1.807) is 6.92 Å². The molecule has 0 fully saturated rings. The van der Waals surface area contributed by atoms with Crippen molar-refractivity contribution < 1.29 is 14.7 Å². The molecule has 0 heterocycles. The first-order valence-electron chi connectivity index (χ1n) is 5.23. The minimum absolute atomic E-state index is 0.217. The van der Waals surface area contributed by atoms with E-state index in [0.717, 1.165) is 12.8 Å². The van der Waals surface area contributed by atoms with E-state index in [1.807, 2.05) is 6.92 Å². The Morgan fingerprint density at radius 2 is 1.93 bits per heavy atom. The largest absolute Gasteiger partial charge is 0.364 e. The van der Waals surface area contributed by atoms with Crippen LogP contribution in [0.2, 0.25) is 0 Å². The van der Waals surface area contributed by atoms with Crippen molar-refractivity contribution in [3.8, 4) is 0 Å². The molecule has 15 heavy (non-hydrogen) atoms. The Morgan fingerprint density at radius 3 is 2.33 bits per heavy atom. The van der Waals surface area contributed by atoms with E-state index >= 15 is 0 Å². The number of carbonyl (C=O) groups is 2. The highest BCUT2D eigenvalue weighted by atomic mass is 32.1. The lowest BCUT2D eigenvalue weighted by atomic mass is 10.1. The molecule has 0 spiro atoms. The van der Waals surface area contributed by atoms with Crippen LogP contribution in [0, 0.1) is 0 Å². The van der Waals surface area contributed by atoms with Crippen LogP contribution >= 0.6 is 12.6 Å². The zero-order valence-corrected chi connectivity index (χ0v) is 10.1. The lowest BCUT2D eigenvalue weighted by Gasteiger charge is -2.25. The number of amides is 1. The van der Waals surface area contributed by atoms with Gasteiger partial charge < -0.3 is 10.4 Å². The van der Waals surface area contributed by atoms with Crippen molar-refractivity contribution in [2.75, 3.05) is 0 Å². The number of hydrogen-bond donors (Lipinski definition) is 3. The first-order chi connectivity index (χ1) is 6.96. The van der Waals surface area contributed by atoms with Crippen LogP contribution in [0.5, 0.6) is 0 Å². The average Bonchev–Trinajstić information content (AvgIpc) is 2.17. The SMILES string of the molecule is CCCCCC(O)(NC(=O)CC)C(=O)S. The molecule has 0 rings (SSSR count). The molecule has 1 amide bonds. The normalized spacial score (nSPS) is 14.4. The molecule has 0 aliphatic heterocycles. The second-order valence-electron chi connectivity index (χ2n) is 3.52. The molecule has 2 N–H and O–H groups in total. The summed E-state index contributed by atoms with van der Waals surface area (Å²) in [7, 11) is 0. The summed E-state index contributed by atoms with van der Waals surface area (Å²) in [6.45, 7) is 3.68. The van der Waals surface area contributed by atoms with Gasteiger partial charge in [-0.2, -0.15) is 0 Å². The molecule has 0 aliphatic rings. The number of nitrogens with one attached hydrogen (secondary N) is 1. The van der Waals surface area contributed by atoms with Crippen LogP contribution in [-0.4, -0.2) is 21.9 Å². The monoisotopic (exact) mass is 233 g/mol. The maximum absolute atomic E-state index is 11.1. The van der Waals surface area contributed by atoms with Crippen molar-refractivity contribution in [3.63, 3.8) is 0 Å². The van der Waals surface area contributed by atoms with Gasteiger partial charge in [-0.25, -0.2) is 0 Å². The number of aliphatic hydroxyl groups is 1. The number of thiol groups is 1. The highest BCUT2D eigenvalue weighted by molar-refractivity contribution is 7.96. The molecule has 1 unspecified atom stereocenters. The van der Waals surface area contributed by atoms with Gasteiger partial charge in [-0.3, -0.25) is 9.59 Å². The van der Waals surface area contributed by atoms with E-state index in [0.29, 0.717) is 6.42 Å². The van der Waals surface area contributed by atoms with Gasteiger partial charge in [-0.1, -0.05) is 26.7 Å². The van der Waals surface area contributed by atoms with Crippen molar-refractivity contribution in [1.29, 1.82) is 0 Å². The van der Waals surface area contributed by atoms with Crippen LogP contribution in [-0.2, 0) is 9.59 Å². The molecule has 0 aliphatic carbocycles. The van der Waals surface area contributed by atoms with Crippen LogP contribution in [0.1, 0.15) is 46.0 Å². The van der Waals surface area contributed by atoms with Crippen LogP contribution in [0.15, 0.2) is 0 Å². The van der Waals surface area contributed by atoms with Gasteiger partial charge in [-0.15, -0.1) is 12.6 Å². The van der Waals surface area contributed by atoms with Gasteiger partial charge in [0.05, 0.1) is 0 Å². The van der Waals surface area contributed by atoms with Crippen molar-refractivity contribution in [2.45, 2.75) is 51.7 Å². The molecule has 0 saturated heterocycles. The number of hydrogen-bond acceptors (Lipinski definition) is 3. The predicted molar refractivity (Wildman–Crippen MR) is 61.5 cm³/mol. The Morgan fingerprint density at radius 1 is 1.33 bits per heavy atom. The molecule has 5 heteroatoms. The van der Waals surface area contributed by atoms with Gasteiger partial charge in [0.2, 0.25) is 16.7 Å². The molecule has 0 aromatic rings. The number of carbonyl (C=O) groups excluding carboxylic acids is 2. The Hall–Kier alpha value is -0.550. The van der Waals surface area contributed by atoms with Crippen LogP contribution < -0.4 is 5.32 Å². The molecule has 1 atom stereocenters. The molecular formula is C10H19NO3S. The molecule has 0 aromatic heterocycles. The quantitative estimate of drug-likeness (QED) is 0.352. The summed E-state index contributed by atoms with van der Waals surface area (Å²) in [5.41, 5.74) is -1.80. The third-order valence-electron chi connectivity index (χ3n) is 2.16. The topological polar surface area (TPSA) is 66.4 Å². The smallest absolute Gasteiger partial charge is 0.238 e. The van der Waals surface area contributed by atoms with Crippen LogP contribution in [0.25, 0.3) is 0 Å². The second-order valence-corrected chi connectivity index (χ2v) is 3.93. The Kier molecular flexibility index (Phi) is 6.60. The number of unbranched alkanes of at least 4 members (excludes halogenated alkanes) is 2. The van der Waals surface area contributed by atoms with Crippen molar-refractivity contribution in [1.82, 2.24) is 5.32 Å². The van der Waals surface area contributed by atoms with Gasteiger partial charge >= 0.3 is 0 Å². The highest BCUT2D eigenvalue weighted by Gasteiger charge is 2.34. The first-order valence-corrected chi connectivity index (χ1v) is 5.67. The van der Waals surface area contributed by atoms with Gasteiger partial charge in [-0.05, 0) is 6.42 Å². The molecule has 0 aromatic carbocycles. The summed E-state index contributed by atoms with van der Waals surface area (Å²) in [6.07, 6.45) is 3.03. The fraction of sp³-hybridized carbons (Fsp3) is 0.800. The third kappa shape index (κ3) is 5.18. The summed E-state index contributed by atoms with van der Waals surface area (Å²) in [5, 5.41) is 11.4. The van der Waals surface area contributed by atoms with E-state index in [1.165, 1.54) is 0 Å². The predicted octanol–water partition coefficient (Wildman–Crippen LogP) is 1.24. The van der Waals surface area contributed by atoms with Gasteiger partial charge in [0.15, 0.2) is 0 Å². The molecule has 0 bridgehead atoms. The van der Waals surface area contributed by atoms with E-state index in [2.05, 4.69) is 17.9 Å². The van der Waals surface area contributed by atoms with Gasteiger partial charge in [0.1, 0.15) is 0 Å². The second kappa shape index (κ2) is 6.85. The Balaban J connectivity index is 4.32. The summed E-state index contributed by atoms with van der Waals surface area (Å²) in [6, 6.07) is 0. The fourth-order valence-electron chi connectivity index (χ4n) is 1.17. The van der Waals surface area contributed by atoms with Crippen molar-refractivity contribution in [3.05, 3.63) is 0 Å². The Bertz CT molecular complexity index is 233. The van der Waals surface area contributed by atoms with E-state index in [9.17, 15) is 14.7 Å². The fourth-order valence-corrected chi connectivity index (χ4v) is 1.34. The third-order valence-corrected chi connectivity index (χ3v) is 2.53. The van der Waals surface area contributed by atoms with Gasteiger partial charge in [0, 0.05) is 12.8 Å². The van der Waals surface area contributed by atoms with Crippen molar-refractivity contribution >= 4 is 23.7 Å². The van der Waals surface area contributed by atoms with E-state index in [-0.39, 0.29) is 18.7 Å². The average molecular weight is 233 g/mol. The lowest BCUT2D eigenvalue weighted by molar-refractivity contribution is -0.141.